The van der Waals surface area contributed by atoms with E-state index >= 15 is 0 Å². The molecule has 0 aromatic rings. The van der Waals surface area contributed by atoms with Gasteiger partial charge in [-0.3, -0.25) is 4.79 Å². The van der Waals surface area contributed by atoms with Crippen LogP contribution in [-0.4, -0.2) is 18.4 Å². The van der Waals surface area contributed by atoms with E-state index in [4.69, 9.17) is 0 Å². The van der Waals surface area contributed by atoms with Gasteiger partial charge in [0.05, 0.1) is 0 Å². The van der Waals surface area contributed by atoms with Gasteiger partial charge < -0.3 is 5.32 Å². The van der Waals surface area contributed by atoms with Gasteiger partial charge in [0.1, 0.15) is 5.78 Å². The first kappa shape index (κ1) is 7.07. The molecule has 66 valence electrons. The molecule has 4 atom stereocenters. The Morgan fingerprint density at radius 3 is 3.17 bits per heavy atom. The lowest BCUT2D eigenvalue weighted by Gasteiger charge is -2.29. The van der Waals surface area contributed by atoms with Crippen LogP contribution in [0.15, 0.2) is 0 Å². The van der Waals surface area contributed by atoms with E-state index in [1.807, 2.05) is 0 Å². The summed E-state index contributed by atoms with van der Waals surface area (Å²) in [5, 5.41) is 3.56. The molecule has 0 aromatic heterocycles. The number of ketones is 1. The minimum Gasteiger partial charge on any atom is -0.313 e. The molecule has 1 aliphatic heterocycles. The predicted octanol–water partition coefficient (Wildman–Crippen LogP) is 0.964. The Morgan fingerprint density at radius 2 is 2.25 bits per heavy atom. The van der Waals surface area contributed by atoms with Crippen molar-refractivity contribution in [2.24, 2.45) is 17.8 Å². The Labute approximate surface area is 72.7 Å². The second-order valence-corrected chi connectivity index (χ2v) is 4.56. The molecule has 3 rings (SSSR count). The zero-order chi connectivity index (χ0) is 8.13. The van der Waals surface area contributed by atoms with Gasteiger partial charge >= 0.3 is 0 Å². The van der Waals surface area contributed by atoms with Crippen molar-refractivity contribution in [1.29, 1.82) is 0 Å². The Morgan fingerprint density at radius 1 is 1.33 bits per heavy atom. The molecule has 0 aromatic carbocycles. The average molecular weight is 165 g/mol. The Bertz CT molecular complexity index is 224. The van der Waals surface area contributed by atoms with Crippen molar-refractivity contribution in [2.75, 3.05) is 6.54 Å². The van der Waals surface area contributed by atoms with Gasteiger partial charge in [-0.05, 0) is 31.2 Å². The molecule has 0 bridgehead atoms. The van der Waals surface area contributed by atoms with Crippen molar-refractivity contribution in [3.63, 3.8) is 0 Å². The van der Waals surface area contributed by atoms with E-state index in [-0.39, 0.29) is 0 Å². The van der Waals surface area contributed by atoms with Gasteiger partial charge in [-0.1, -0.05) is 6.42 Å². The van der Waals surface area contributed by atoms with Gasteiger partial charge in [0.25, 0.3) is 0 Å². The fourth-order valence-corrected chi connectivity index (χ4v) is 3.55. The summed E-state index contributed by atoms with van der Waals surface area (Å²) in [6, 6.07) is 0.695. The fraction of sp³-hybridized carbons (Fsp3) is 0.900. The fourth-order valence-electron chi connectivity index (χ4n) is 3.55. The molecule has 12 heavy (non-hydrogen) atoms. The second kappa shape index (κ2) is 2.32. The van der Waals surface area contributed by atoms with Crippen LogP contribution in [0.4, 0.5) is 0 Å². The van der Waals surface area contributed by atoms with E-state index < -0.39 is 0 Å². The van der Waals surface area contributed by atoms with E-state index in [1.165, 1.54) is 19.3 Å². The number of nitrogens with one attached hydrogen (secondary N) is 1. The lowest BCUT2D eigenvalue weighted by atomic mass is 9.77. The average Bonchev–Trinajstić information content (AvgIpc) is 2.61. The molecule has 2 aliphatic carbocycles. The van der Waals surface area contributed by atoms with Crippen LogP contribution >= 0.6 is 0 Å². The predicted molar refractivity (Wildman–Crippen MR) is 45.7 cm³/mol. The van der Waals surface area contributed by atoms with Crippen LogP contribution < -0.4 is 5.32 Å². The number of carbonyl (C=O) groups excluding carboxylic acids is 1. The largest absolute Gasteiger partial charge is 0.313 e. The van der Waals surface area contributed by atoms with Gasteiger partial charge in [-0.25, -0.2) is 0 Å². The summed E-state index contributed by atoms with van der Waals surface area (Å²) in [7, 11) is 0. The number of hydrogen-bond donors (Lipinski definition) is 1. The molecule has 0 amide bonds. The standard InChI is InChI=1S/C10H15NO/c12-9-4-6-5-11-8-3-1-2-7(9)10(6)8/h6-8,10-11H,1-5H2. The molecule has 1 heterocycles. The summed E-state index contributed by atoms with van der Waals surface area (Å²) in [5.41, 5.74) is 0. The second-order valence-electron chi connectivity index (χ2n) is 4.56. The number of Topliss-reactive ketones (excluding diaryl/α,β-unsaturated/α-hetero) is 1. The van der Waals surface area contributed by atoms with Crippen molar-refractivity contribution >= 4 is 5.78 Å². The zero-order valence-corrected chi connectivity index (χ0v) is 7.25. The molecule has 0 spiro atoms. The third-order valence-electron chi connectivity index (χ3n) is 4.02. The minimum atomic E-state index is 0.448. The summed E-state index contributed by atoms with van der Waals surface area (Å²) < 4.78 is 0. The van der Waals surface area contributed by atoms with Crippen LogP contribution in [-0.2, 0) is 4.79 Å². The molecule has 0 radical (unpaired) electrons. The first-order valence-electron chi connectivity index (χ1n) is 5.12. The lowest BCUT2D eigenvalue weighted by molar-refractivity contribution is -0.122. The van der Waals surface area contributed by atoms with Crippen molar-refractivity contribution in [3.8, 4) is 0 Å². The molecule has 2 nitrogen and oxygen atoms in total. The van der Waals surface area contributed by atoms with E-state index in [2.05, 4.69) is 5.32 Å². The highest BCUT2D eigenvalue weighted by molar-refractivity contribution is 5.84. The Hall–Kier alpha value is -0.370. The van der Waals surface area contributed by atoms with Gasteiger partial charge in [-0.15, -0.1) is 0 Å². The smallest absolute Gasteiger partial charge is 0.136 e. The Balaban J connectivity index is 1.94. The Kier molecular flexibility index (Phi) is 1.37. The van der Waals surface area contributed by atoms with Crippen LogP contribution in [0.1, 0.15) is 25.7 Å². The van der Waals surface area contributed by atoms with Crippen LogP contribution in [0, 0.1) is 17.8 Å². The molecule has 3 aliphatic rings. The molecule has 2 saturated carbocycles. The highest BCUT2D eigenvalue weighted by Crippen LogP contribution is 2.46. The van der Waals surface area contributed by atoms with Crippen molar-refractivity contribution in [2.45, 2.75) is 31.7 Å². The first-order chi connectivity index (χ1) is 5.86. The third-order valence-corrected chi connectivity index (χ3v) is 4.02. The first-order valence-corrected chi connectivity index (χ1v) is 5.12. The normalized spacial score (nSPS) is 51.2. The maximum atomic E-state index is 11.6. The lowest BCUT2D eigenvalue weighted by Crippen LogP contribution is -2.35. The van der Waals surface area contributed by atoms with Crippen molar-refractivity contribution in [1.82, 2.24) is 5.32 Å². The van der Waals surface area contributed by atoms with Gasteiger partial charge in [0, 0.05) is 18.4 Å². The SMILES string of the molecule is O=C1CC2CNC3CCCC1C23. The monoisotopic (exact) mass is 165 g/mol. The molecule has 3 fully saturated rings. The minimum absolute atomic E-state index is 0.448. The van der Waals surface area contributed by atoms with Gasteiger partial charge in [0.15, 0.2) is 0 Å². The summed E-state index contributed by atoms with van der Waals surface area (Å²) in [6.07, 6.45) is 4.62. The molecular weight excluding hydrogens is 150 g/mol. The van der Waals surface area contributed by atoms with Crippen LogP contribution in [0.2, 0.25) is 0 Å². The zero-order valence-electron chi connectivity index (χ0n) is 7.25. The molecule has 4 unspecified atom stereocenters. The van der Waals surface area contributed by atoms with E-state index in [9.17, 15) is 4.79 Å². The quantitative estimate of drug-likeness (QED) is 0.579. The topological polar surface area (TPSA) is 29.1 Å². The number of carbonyl (C=O) groups is 1. The van der Waals surface area contributed by atoms with Crippen LogP contribution in [0.5, 0.6) is 0 Å². The highest BCUT2D eigenvalue weighted by Gasteiger charge is 2.50. The van der Waals surface area contributed by atoms with Gasteiger partial charge in [-0.2, -0.15) is 0 Å². The highest BCUT2D eigenvalue weighted by atomic mass is 16.1. The molecular formula is C10H15NO. The molecule has 1 N–H and O–H groups in total. The molecule has 1 saturated heterocycles. The van der Waals surface area contributed by atoms with Crippen molar-refractivity contribution < 1.29 is 4.79 Å². The maximum absolute atomic E-state index is 11.6. The van der Waals surface area contributed by atoms with Crippen molar-refractivity contribution in [3.05, 3.63) is 0 Å². The van der Waals surface area contributed by atoms with E-state index in [0.717, 1.165) is 18.9 Å². The maximum Gasteiger partial charge on any atom is 0.136 e. The summed E-state index contributed by atoms with van der Waals surface area (Å²) in [6.45, 7) is 1.11. The van der Waals surface area contributed by atoms with E-state index in [0.29, 0.717) is 23.7 Å². The van der Waals surface area contributed by atoms with Crippen LogP contribution in [0.3, 0.4) is 0 Å². The number of hydrogen-bond acceptors (Lipinski definition) is 2. The third kappa shape index (κ3) is 0.764. The summed E-state index contributed by atoms with van der Waals surface area (Å²) in [4.78, 5) is 11.6. The summed E-state index contributed by atoms with van der Waals surface area (Å²) >= 11 is 0. The van der Waals surface area contributed by atoms with Crippen LogP contribution in [0.25, 0.3) is 0 Å². The van der Waals surface area contributed by atoms with Gasteiger partial charge in [0.2, 0.25) is 0 Å². The van der Waals surface area contributed by atoms with E-state index in [1.54, 1.807) is 0 Å². The molecule has 2 heteroatoms. The number of rotatable bonds is 0. The summed E-state index contributed by atoms with van der Waals surface area (Å²) in [5.74, 6) is 2.44.